The lowest BCUT2D eigenvalue weighted by Gasteiger charge is -2.29. The van der Waals surface area contributed by atoms with Crippen molar-refractivity contribution >= 4 is 51.2 Å². The third-order valence-corrected chi connectivity index (χ3v) is 13.2. The number of fused-ring (bicyclic) bond motifs is 3. The number of anilines is 1. The van der Waals surface area contributed by atoms with Crippen molar-refractivity contribution in [1.29, 1.82) is 0 Å². The lowest BCUT2D eigenvalue weighted by atomic mass is 9.96. The van der Waals surface area contributed by atoms with E-state index in [2.05, 4.69) is 16.0 Å². The van der Waals surface area contributed by atoms with Crippen LogP contribution in [0.3, 0.4) is 0 Å². The summed E-state index contributed by atoms with van der Waals surface area (Å²) in [6, 6.07) is 5.80. The number of carboxylic acid groups (broad SMARTS) is 1. The fourth-order valence-corrected chi connectivity index (χ4v) is 9.85. The molecule has 15 heteroatoms. The highest BCUT2D eigenvalue weighted by Crippen LogP contribution is 2.45. The van der Waals surface area contributed by atoms with Crippen LogP contribution in [0, 0.1) is 5.92 Å². The first kappa shape index (κ1) is 39.9. The van der Waals surface area contributed by atoms with Crippen molar-refractivity contribution in [2.24, 2.45) is 5.92 Å². The molecule has 1 aromatic carbocycles. The van der Waals surface area contributed by atoms with E-state index in [1.54, 1.807) is 7.11 Å². The summed E-state index contributed by atoms with van der Waals surface area (Å²) in [5.74, 6) is -1.32. The first-order chi connectivity index (χ1) is 28.2. The average molecular weight is 815 g/mol. The predicted octanol–water partition coefficient (Wildman–Crippen LogP) is 6.98. The van der Waals surface area contributed by atoms with E-state index in [1.165, 1.54) is 35.5 Å². The van der Waals surface area contributed by atoms with Gasteiger partial charge in [0.05, 0.1) is 24.9 Å². The molecule has 1 unspecified atom stereocenters. The molecule has 5 aliphatic rings. The van der Waals surface area contributed by atoms with Crippen molar-refractivity contribution in [2.45, 2.75) is 139 Å². The number of methoxy groups -OCH3 is 1. The van der Waals surface area contributed by atoms with E-state index in [0.29, 0.717) is 52.7 Å². The number of nitrogens with one attached hydrogen (secondary N) is 3. The minimum absolute atomic E-state index is 0.0393. The second-order valence-corrected chi connectivity index (χ2v) is 17.4. The molecule has 4 N–H and O–H groups in total. The Morgan fingerprint density at radius 1 is 0.948 bits per heavy atom. The topological polar surface area (TPSA) is 181 Å². The molecular formula is C43H54N6O8S. The van der Waals surface area contributed by atoms with Gasteiger partial charge in [-0.25, -0.2) is 19.6 Å². The molecule has 1 saturated heterocycles. The molecule has 4 heterocycles. The molecule has 0 spiro atoms. The Kier molecular flexibility index (Phi) is 12.0. The maximum absolute atomic E-state index is 14.6. The summed E-state index contributed by atoms with van der Waals surface area (Å²) in [6.45, 7) is 0.0393. The predicted molar refractivity (Wildman–Crippen MR) is 219 cm³/mol. The summed E-state index contributed by atoms with van der Waals surface area (Å²) in [5.41, 5.74) is 0.477. The van der Waals surface area contributed by atoms with Gasteiger partial charge in [0, 0.05) is 41.3 Å². The van der Waals surface area contributed by atoms with Gasteiger partial charge in [0.1, 0.15) is 47.0 Å². The zero-order chi connectivity index (χ0) is 40.2. The molecule has 8 rings (SSSR count). The molecule has 5 atom stereocenters. The number of allylic oxidation sites excluding steroid dienone is 1. The largest absolute Gasteiger partial charge is 0.497 e. The summed E-state index contributed by atoms with van der Waals surface area (Å²) >= 11 is 1.53. The molecule has 3 aromatic rings. The number of aromatic nitrogens is 2. The second-order valence-electron chi connectivity index (χ2n) is 16.5. The van der Waals surface area contributed by atoms with Crippen molar-refractivity contribution in [3.63, 3.8) is 0 Å². The van der Waals surface area contributed by atoms with Crippen molar-refractivity contribution < 1.29 is 38.5 Å². The number of aliphatic carboxylic acids is 1. The highest BCUT2D eigenvalue weighted by molar-refractivity contribution is 7.14. The normalized spacial score (nSPS) is 27.7. The lowest BCUT2D eigenvalue weighted by Crippen LogP contribution is -2.56. The number of carbonyl (C=O) groups excluding carboxylic acids is 3. The van der Waals surface area contributed by atoms with Crippen LogP contribution in [-0.2, 0) is 19.1 Å². The van der Waals surface area contributed by atoms with E-state index in [0.717, 1.165) is 62.9 Å². The summed E-state index contributed by atoms with van der Waals surface area (Å²) in [4.78, 5) is 66.0. The van der Waals surface area contributed by atoms with Gasteiger partial charge in [-0.15, -0.1) is 11.3 Å². The van der Waals surface area contributed by atoms with Crippen LogP contribution >= 0.6 is 11.3 Å². The molecule has 3 aliphatic carbocycles. The van der Waals surface area contributed by atoms with Crippen molar-refractivity contribution in [1.82, 2.24) is 25.5 Å². The maximum Gasteiger partial charge on any atom is 0.408 e. The first-order valence-electron chi connectivity index (χ1n) is 21.1. The van der Waals surface area contributed by atoms with Gasteiger partial charge in [-0.05, 0) is 76.3 Å². The second kappa shape index (κ2) is 17.5. The van der Waals surface area contributed by atoms with E-state index in [1.807, 2.05) is 41.8 Å². The first-order valence-corrected chi connectivity index (χ1v) is 21.9. The number of benzene rings is 1. The fourth-order valence-electron chi connectivity index (χ4n) is 9.07. The number of carbonyl (C=O) groups is 4. The van der Waals surface area contributed by atoms with Gasteiger partial charge in [0.25, 0.3) is 0 Å². The van der Waals surface area contributed by atoms with Crippen molar-refractivity contribution in [3.8, 4) is 22.9 Å². The number of amides is 3. The molecule has 3 amide bonds. The van der Waals surface area contributed by atoms with Gasteiger partial charge in [-0.1, -0.05) is 44.3 Å². The Hall–Kier alpha value is -4.92. The minimum atomic E-state index is -1.45. The molecule has 310 valence electrons. The highest BCUT2D eigenvalue weighted by Gasteiger charge is 2.61. The van der Waals surface area contributed by atoms with Gasteiger partial charge >= 0.3 is 12.1 Å². The summed E-state index contributed by atoms with van der Waals surface area (Å²) in [6.07, 6.45) is 15.7. The summed E-state index contributed by atoms with van der Waals surface area (Å²) < 4.78 is 18.0. The molecule has 0 radical (unpaired) electrons. The smallest absolute Gasteiger partial charge is 0.408 e. The molecular weight excluding hydrogens is 761 g/mol. The van der Waals surface area contributed by atoms with Crippen LogP contribution in [0.1, 0.15) is 103 Å². The monoisotopic (exact) mass is 814 g/mol. The van der Waals surface area contributed by atoms with E-state index in [4.69, 9.17) is 24.2 Å². The number of thiazole rings is 1. The quantitative estimate of drug-likeness (QED) is 0.164. The SMILES string of the molecule is COc1ccc2c(O[C@@H]3C[C@H]4C(=O)N[C@]5(C(=O)O)C[C@H]5/C=C\CCCCCC(NC(=O)OC5CCCC5)C(=O)N4C3)cc(-c3csc(NC4CCCCC4)n3)nc2c1. The van der Waals surface area contributed by atoms with Crippen LogP contribution in [0.4, 0.5) is 9.93 Å². The van der Waals surface area contributed by atoms with E-state index >= 15 is 0 Å². The number of hydrogen-bond donors (Lipinski definition) is 4. The molecule has 3 saturated carbocycles. The van der Waals surface area contributed by atoms with Gasteiger partial charge < -0.3 is 40.2 Å². The molecule has 2 aliphatic heterocycles. The van der Waals surface area contributed by atoms with Gasteiger partial charge in [-0.3, -0.25) is 9.59 Å². The Morgan fingerprint density at radius 3 is 2.52 bits per heavy atom. The number of ether oxygens (including phenoxy) is 3. The summed E-state index contributed by atoms with van der Waals surface area (Å²) in [7, 11) is 1.60. The zero-order valence-electron chi connectivity index (χ0n) is 33.1. The highest BCUT2D eigenvalue weighted by atomic mass is 32.1. The Bertz CT molecular complexity index is 2030. The van der Waals surface area contributed by atoms with Gasteiger partial charge in [0.15, 0.2) is 5.13 Å². The zero-order valence-corrected chi connectivity index (χ0v) is 33.9. The minimum Gasteiger partial charge on any atom is -0.497 e. The van der Waals surface area contributed by atoms with E-state index in [9.17, 15) is 24.3 Å². The van der Waals surface area contributed by atoms with Crippen LogP contribution in [0.15, 0.2) is 41.8 Å². The molecule has 14 nitrogen and oxygen atoms in total. The van der Waals surface area contributed by atoms with Crippen LogP contribution in [0.25, 0.3) is 22.3 Å². The van der Waals surface area contributed by atoms with Crippen LogP contribution < -0.4 is 25.4 Å². The third kappa shape index (κ3) is 8.88. The number of carboxylic acids is 1. The van der Waals surface area contributed by atoms with Gasteiger partial charge in [-0.2, -0.15) is 0 Å². The standard InChI is InChI=1S/C43H54N6O8S/c1-55-29-18-19-31-33(20-29)45-34(35-25-58-41(46-35)44-27-13-7-5-8-14-27)22-37(31)56-30-21-36-38(50)48-43(40(52)53)23-26(43)12-6-3-2-4-9-17-32(39(51)49(36)24-30)47-42(54)57-28-15-10-11-16-28/h6,12,18-20,22,25-28,30,32,36H,2-5,7-11,13-17,21,23-24H2,1H3,(H,44,46)(H,47,54)(H,48,50)(H,52,53)/b12-6-/t26-,30-,32?,36+,43-/m1/s1. The molecule has 4 fully saturated rings. The van der Waals surface area contributed by atoms with E-state index in [-0.39, 0.29) is 31.4 Å². The third-order valence-electron chi connectivity index (χ3n) is 12.5. The van der Waals surface area contributed by atoms with Crippen molar-refractivity contribution in [2.75, 3.05) is 19.0 Å². The van der Waals surface area contributed by atoms with Crippen LogP contribution in [0.2, 0.25) is 0 Å². The number of pyridine rings is 1. The Balaban J connectivity index is 1.09. The number of rotatable bonds is 9. The Morgan fingerprint density at radius 2 is 1.72 bits per heavy atom. The maximum atomic E-state index is 14.6. The Labute approximate surface area is 342 Å². The molecule has 58 heavy (non-hydrogen) atoms. The van der Waals surface area contributed by atoms with Crippen LogP contribution in [-0.4, -0.2) is 93.4 Å². The molecule has 2 aromatic heterocycles. The van der Waals surface area contributed by atoms with Crippen molar-refractivity contribution in [3.05, 3.63) is 41.8 Å². The number of nitrogens with zero attached hydrogens (tertiary/aromatic N) is 3. The van der Waals surface area contributed by atoms with E-state index < -0.39 is 47.6 Å². The lowest BCUT2D eigenvalue weighted by molar-refractivity contribution is -0.145. The van der Waals surface area contributed by atoms with Gasteiger partial charge in [0.2, 0.25) is 11.8 Å². The fraction of sp³-hybridized carbons (Fsp3) is 0.581. The van der Waals surface area contributed by atoms with Crippen LogP contribution in [0.5, 0.6) is 11.5 Å². The summed E-state index contributed by atoms with van der Waals surface area (Å²) in [5, 5.41) is 23.1. The number of alkyl carbamates (subject to hydrolysis) is 1. The average Bonchev–Trinajstić information content (AvgIpc) is 3.65. The molecule has 0 bridgehead atoms. The number of hydrogen-bond acceptors (Lipinski definition) is 11.